The molecule has 0 bridgehead atoms. The van der Waals surface area contributed by atoms with Gasteiger partial charge in [-0.2, -0.15) is 4.98 Å². The van der Waals surface area contributed by atoms with Crippen LogP contribution in [0.4, 0.5) is 0 Å². The van der Waals surface area contributed by atoms with Crippen LogP contribution in [-0.2, 0) is 4.74 Å². The molecule has 1 aliphatic heterocycles. The highest BCUT2D eigenvalue weighted by atomic mass is 16.5. The predicted octanol–water partition coefficient (Wildman–Crippen LogP) is 3.77. The van der Waals surface area contributed by atoms with Crippen LogP contribution in [0.2, 0.25) is 0 Å². The monoisotopic (exact) mass is 436 g/mol. The van der Waals surface area contributed by atoms with Crippen molar-refractivity contribution in [2.75, 3.05) is 26.3 Å². The molecule has 3 heterocycles. The van der Waals surface area contributed by atoms with E-state index in [1.807, 2.05) is 32.9 Å². The van der Waals surface area contributed by atoms with Crippen molar-refractivity contribution < 1.29 is 14.3 Å². The highest BCUT2D eigenvalue weighted by Gasteiger charge is 2.26. The fourth-order valence-corrected chi connectivity index (χ4v) is 3.31. The Bertz CT molecular complexity index is 981. The van der Waals surface area contributed by atoms with Crippen LogP contribution in [0.25, 0.3) is 0 Å². The van der Waals surface area contributed by atoms with Crippen LogP contribution < -0.4 is 4.74 Å². The zero-order valence-corrected chi connectivity index (χ0v) is 19.4. The van der Waals surface area contributed by atoms with E-state index in [4.69, 9.17) is 9.47 Å². The number of hydrogen-bond acceptors (Lipinski definition) is 6. The summed E-state index contributed by atoms with van der Waals surface area (Å²) in [6.07, 6.45) is 6.10. The van der Waals surface area contributed by atoms with E-state index in [0.717, 1.165) is 36.3 Å². The standard InChI is InChI=1S/C25H32N4O3/c1-5-6-7-8-9-20-13-21(15-26-14-20)25(30)29-10-11-31-22(16-29)17-32-23-12-19(4)27-24(28-23)18(2)3/h12-15,18,22H,5-7,10-11,16-17H2,1-4H3. The smallest absolute Gasteiger partial charge is 0.255 e. The molecule has 3 rings (SSSR count). The number of ether oxygens (including phenoxy) is 2. The molecule has 1 amide bonds. The van der Waals surface area contributed by atoms with Gasteiger partial charge in [0, 0.05) is 48.6 Å². The van der Waals surface area contributed by atoms with Gasteiger partial charge in [-0.15, -0.1) is 0 Å². The molecule has 2 aromatic heterocycles. The number of amides is 1. The molecule has 0 aromatic carbocycles. The van der Waals surface area contributed by atoms with Gasteiger partial charge in [0.1, 0.15) is 18.5 Å². The summed E-state index contributed by atoms with van der Waals surface area (Å²) in [5, 5.41) is 0. The van der Waals surface area contributed by atoms with Crippen LogP contribution >= 0.6 is 0 Å². The molecule has 32 heavy (non-hydrogen) atoms. The number of aryl methyl sites for hydroxylation is 1. The van der Waals surface area contributed by atoms with Gasteiger partial charge in [0.15, 0.2) is 0 Å². The maximum atomic E-state index is 13.0. The Hall–Kier alpha value is -2.98. The maximum Gasteiger partial charge on any atom is 0.255 e. The second-order valence-electron chi connectivity index (χ2n) is 8.28. The van der Waals surface area contributed by atoms with E-state index >= 15 is 0 Å². The highest BCUT2D eigenvalue weighted by Crippen LogP contribution is 2.17. The van der Waals surface area contributed by atoms with Crippen molar-refractivity contribution in [2.24, 2.45) is 0 Å². The lowest BCUT2D eigenvalue weighted by Gasteiger charge is -2.32. The average molecular weight is 437 g/mol. The molecule has 0 N–H and O–H groups in total. The number of carbonyl (C=O) groups excluding carboxylic acids is 1. The zero-order chi connectivity index (χ0) is 22.9. The van der Waals surface area contributed by atoms with Gasteiger partial charge >= 0.3 is 0 Å². The molecular weight excluding hydrogens is 404 g/mol. The number of nitrogens with zero attached hydrogens (tertiary/aromatic N) is 4. The van der Waals surface area contributed by atoms with Gasteiger partial charge in [0.05, 0.1) is 18.7 Å². The number of pyridine rings is 1. The molecule has 7 nitrogen and oxygen atoms in total. The molecule has 1 saturated heterocycles. The number of rotatable bonds is 7. The summed E-state index contributed by atoms with van der Waals surface area (Å²) in [5.74, 6) is 7.69. The van der Waals surface area contributed by atoms with Crippen LogP contribution in [-0.4, -0.2) is 58.2 Å². The van der Waals surface area contributed by atoms with Crippen molar-refractivity contribution in [3.63, 3.8) is 0 Å². The van der Waals surface area contributed by atoms with Crippen molar-refractivity contribution in [3.8, 4) is 17.7 Å². The average Bonchev–Trinajstić information content (AvgIpc) is 2.80. The fraction of sp³-hybridized carbons (Fsp3) is 0.520. The summed E-state index contributed by atoms with van der Waals surface area (Å²) < 4.78 is 11.7. The molecule has 2 aromatic rings. The molecule has 170 valence electrons. The molecule has 1 aliphatic rings. The molecule has 0 radical (unpaired) electrons. The van der Waals surface area contributed by atoms with Crippen molar-refractivity contribution in [1.82, 2.24) is 19.9 Å². The largest absolute Gasteiger partial charge is 0.475 e. The van der Waals surface area contributed by atoms with Gasteiger partial charge in [-0.25, -0.2) is 4.98 Å². The lowest BCUT2D eigenvalue weighted by atomic mass is 10.1. The van der Waals surface area contributed by atoms with Crippen molar-refractivity contribution in [1.29, 1.82) is 0 Å². The van der Waals surface area contributed by atoms with Gasteiger partial charge in [0.25, 0.3) is 5.91 Å². The Kier molecular flexibility index (Phi) is 8.57. The van der Waals surface area contributed by atoms with Crippen LogP contribution in [0.15, 0.2) is 24.5 Å². The Morgan fingerprint density at radius 3 is 2.94 bits per heavy atom. The van der Waals surface area contributed by atoms with Crippen LogP contribution in [0.5, 0.6) is 5.88 Å². The van der Waals surface area contributed by atoms with Crippen LogP contribution in [0.1, 0.15) is 73.4 Å². The second kappa shape index (κ2) is 11.6. The van der Waals surface area contributed by atoms with Crippen molar-refractivity contribution >= 4 is 5.91 Å². The lowest BCUT2D eigenvalue weighted by Crippen LogP contribution is -2.47. The molecule has 1 unspecified atom stereocenters. The van der Waals surface area contributed by atoms with Crippen LogP contribution in [0.3, 0.4) is 0 Å². The lowest BCUT2D eigenvalue weighted by molar-refractivity contribution is -0.0407. The Balaban J connectivity index is 1.60. The fourth-order valence-electron chi connectivity index (χ4n) is 3.31. The molecule has 1 atom stereocenters. The van der Waals surface area contributed by atoms with Gasteiger partial charge in [0.2, 0.25) is 5.88 Å². The third-order valence-electron chi connectivity index (χ3n) is 5.08. The summed E-state index contributed by atoms with van der Waals surface area (Å²) in [5.41, 5.74) is 2.17. The SMILES string of the molecule is CCCCC#Cc1cncc(C(=O)N2CCOC(COc3cc(C)nc(C(C)C)n3)C2)c1. The maximum absolute atomic E-state index is 13.0. The summed E-state index contributed by atoms with van der Waals surface area (Å²) in [6.45, 7) is 9.93. The summed E-state index contributed by atoms with van der Waals surface area (Å²) in [6, 6.07) is 3.63. The van der Waals surface area contributed by atoms with E-state index in [0.29, 0.717) is 37.7 Å². The van der Waals surface area contributed by atoms with E-state index in [1.165, 1.54) is 0 Å². The summed E-state index contributed by atoms with van der Waals surface area (Å²) in [4.78, 5) is 27.9. The molecule has 0 saturated carbocycles. The number of aromatic nitrogens is 3. The number of hydrogen-bond donors (Lipinski definition) is 0. The van der Waals surface area contributed by atoms with Gasteiger partial charge in [-0.05, 0) is 19.4 Å². The number of unbranched alkanes of at least 4 members (excludes halogenated alkanes) is 2. The Labute approximate surface area is 190 Å². The molecular formula is C25H32N4O3. The number of carbonyl (C=O) groups is 1. The normalized spacial score (nSPS) is 15.9. The van der Waals surface area contributed by atoms with Gasteiger partial charge in [-0.1, -0.05) is 39.0 Å². The highest BCUT2D eigenvalue weighted by molar-refractivity contribution is 5.94. The molecule has 7 heteroatoms. The van der Waals surface area contributed by atoms with Crippen LogP contribution in [0, 0.1) is 18.8 Å². The first-order valence-corrected chi connectivity index (χ1v) is 11.3. The van der Waals surface area contributed by atoms with E-state index < -0.39 is 0 Å². The van der Waals surface area contributed by atoms with Gasteiger partial charge in [-0.3, -0.25) is 9.78 Å². The number of morpholine rings is 1. The first-order chi connectivity index (χ1) is 15.5. The minimum atomic E-state index is -0.226. The third-order valence-corrected chi connectivity index (χ3v) is 5.08. The zero-order valence-electron chi connectivity index (χ0n) is 19.4. The summed E-state index contributed by atoms with van der Waals surface area (Å²) in [7, 11) is 0. The molecule has 0 spiro atoms. The predicted molar refractivity (Wildman–Crippen MR) is 123 cm³/mol. The van der Waals surface area contributed by atoms with E-state index in [1.54, 1.807) is 17.3 Å². The first-order valence-electron chi connectivity index (χ1n) is 11.3. The molecule has 0 aliphatic carbocycles. The van der Waals surface area contributed by atoms with Crippen molar-refractivity contribution in [2.45, 2.75) is 59.0 Å². The van der Waals surface area contributed by atoms with Crippen molar-refractivity contribution in [3.05, 3.63) is 47.2 Å². The molecule has 1 fully saturated rings. The van der Waals surface area contributed by atoms with E-state index in [2.05, 4.69) is 33.7 Å². The minimum Gasteiger partial charge on any atom is -0.475 e. The first kappa shape index (κ1) is 23.7. The minimum absolute atomic E-state index is 0.0667. The third kappa shape index (κ3) is 6.76. The summed E-state index contributed by atoms with van der Waals surface area (Å²) >= 11 is 0. The van der Waals surface area contributed by atoms with E-state index in [-0.39, 0.29) is 17.9 Å². The topological polar surface area (TPSA) is 77.4 Å². The van der Waals surface area contributed by atoms with Gasteiger partial charge < -0.3 is 14.4 Å². The quantitative estimate of drug-likeness (QED) is 0.486. The Morgan fingerprint density at radius 1 is 1.31 bits per heavy atom. The van der Waals surface area contributed by atoms with E-state index in [9.17, 15) is 4.79 Å². The second-order valence-corrected chi connectivity index (χ2v) is 8.28. The Morgan fingerprint density at radius 2 is 2.16 bits per heavy atom.